The maximum Gasteiger partial charge on any atom is 0.239 e. The molecule has 2 rings (SSSR count). The number of likely N-dealkylation sites (N-methyl/N-ethyl adjacent to an activating group) is 1. The lowest BCUT2D eigenvalue weighted by Gasteiger charge is -2.23. The van der Waals surface area contributed by atoms with Gasteiger partial charge in [-0.2, -0.15) is 0 Å². The fourth-order valence-corrected chi connectivity index (χ4v) is 2.08. The molecule has 0 spiro atoms. The minimum Gasteiger partial charge on any atom is -0.486 e. The smallest absolute Gasteiger partial charge is 0.239 e. The van der Waals surface area contributed by atoms with E-state index in [-0.39, 0.29) is 5.91 Å². The number of carbonyl (C=O) groups excluding carboxylic acids is 1. The molecule has 0 bridgehead atoms. The lowest BCUT2D eigenvalue weighted by Crippen LogP contribution is -2.39. The fourth-order valence-electron chi connectivity index (χ4n) is 2.08. The van der Waals surface area contributed by atoms with Crippen molar-refractivity contribution in [3.63, 3.8) is 0 Å². The van der Waals surface area contributed by atoms with E-state index in [9.17, 15) is 4.79 Å². The summed E-state index contributed by atoms with van der Waals surface area (Å²) in [5, 5.41) is 0. The largest absolute Gasteiger partial charge is 0.486 e. The summed E-state index contributed by atoms with van der Waals surface area (Å²) in [5.74, 6) is 1.44. The first-order valence-corrected chi connectivity index (χ1v) is 6.38. The summed E-state index contributed by atoms with van der Waals surface area (Å²) in [7, 11) is 1.75. The normalized spacial score (nSPS) is 14.9. The second-order valence-corrected chi connectivity index (χ2v) is 4.91. The Hall–Kier alpha value is -1.75. The molecule has 0 radical (unpaired) electrons. The molecule has 1 unspecified atom stereocenters. The first-order valence-electron chi connectivity index (χ1n) is 6.38. The van der Waals surface area contributed by atoms with Gasteiger partial charge in [0, 0.05) is 13.6 Å². The molecule has 0 saturated heterocycles. The number of hydrogen-bond acceptors (Lipinski definition) is 4. The minimum absolute atomic E-state index is 0.0747. The average molecular weight is 264 g/mol. The average Bonchev–Trinajstić information content (AvgIpc) is 2.38. The van der Waals surface area contributed by atoms with Crippen LogP contribution in [0.1, 0.15) is 18.1 Å². The van der Waals surface area contributed by atoms with E-state index in [2.05, 4.69) is 0 Å². The molecule has 1 atom stereocenters. The number of hydrogen-bond donors (Lipinski definition) is 1. The molecule has 0 aliphatic carbocycles. The van der Waals surface area contributed by atoms with Crippen LogP contribution in [0.15, 0.2) is 12.1 Å². The number of carbonyl (C=O) groups is 1. The Morgan fingerprint density at radius 3 is 2.53 bits per heavy atom. The van der Waals surface area contributed by atoms with E-state index in [0.29, 0.717) is 19.8 Å². The van der Waals surface area contributed by atoms with E-state index < -0.39 is 6.04 Å². The van der Waals surface area contributed by atoms with Crippen LogP contribution in [0.2, 0.25) is 0 Å². The highest BCUT2D eigenvalue weighted by atomic mass is 16.6. The summed E-state index contributed by atoms with van der Waals surface area (Å²) in [5.41, 5.74) is 7.72. The highest BCUT2D eigenvalue weighted by Crippen LogP contribution is 2.33. The number of aryl methyl sites for hydroxylation is 1. The van der Waals surface area contributed by atoms with Gasteiger partial charge in [0.15, 0.2) is 11.5 Å². The van der Waals surface area contributed by atoms with Gasteiger partial charge in [0.05, 0.1) is 6.04 Å². The van der Waals surface area contributed by atoms with Gasteiger partial charge < -0.3 is 20.1 Å². The molecule has 1 aliphatic rings. The van der Waals surface area contributed by atoms with Gasteiger partial charge in [-0.3, -0.25) is 4.79 Å². The summed E-state index contributed by atoms with van der Waals surface area (Å²) < 4.78 is 11.1. The third-order valence-electron chi connectivity index (χ3n) is 3.17. The van der Waals surface area contributed by atoms with Crippen LogP contribution in [-0.2, 0) is 11.3 Å². The third-order valence-corrected chi connectivity index (χ3v) is 3.17. The highest BCUT2D eigenvalue weighted by molar-refractivity contribution is 5.80. The van der Waals surface area contributed by atoms with Crippen molar-refractivity contribution in [2.24, 2.45) is 5.73 Å². The van der Waals surface area contributed by atoms with Crippen LogP contribution in [0.5, 0.6) is 11.5 Å². The van der Waals surface area contributed by atoms with E-state index in [1.165, 1.54) is 0 Å². The van der Waals surface area contributed by atoms with Crippen molar-refractivity contribution in [2.75, 3.05) is 20.3 Å². The molecule has 0 saturated carbocycles. The van der Waals surface area contributed by atoms with Crippen LogP contribution in [0.3, 0.4) is 0 Å². The topological polar surface area (TPSA) is 64.8 Å². The van der Waals surface area contributed by atoms with E-state index in [4.69, 9.17) is 15.2 Å². The predicted molar refractivity (Wildman–Crippen MR) is 72.3 cm³/mol. The molecule has 5 nitrogen and oxygen atoms in total. The molecule has 2 N–H and O–H groups in total. The second kappa shape index (κ2) is 5.48. The first-order chi connectivity index (χ1) is 8.99. The Kier molecular flexibility index (Phi) is 3.95. The Labute approximate surface area is 113 Å². The van der Waals surface area contributed by atoms with Crippen molar-refractivity contribution in [3.8, 4) is 11.5 Å². The van der Waals surface area contributed by atoms with Gasteiger partial charge in [-0.25, -0.2) is 0 Å². The highest BCUT2D eigenvalue weighted by Gasteiger charge is 2.18. The number of benzene rings is 1. The number of ether oxygens (including phenoxy) is 2. The van der Waals surface area contributed by atoms with Crippen LogP contribution in [0, 0.1) is 6.92 Å². The van der Waals surface area contributed by atoms with E-state index >= 15 is 0 Å². The molecule has 1 aromatic carbocycles. The summed E-state index contributed by atoms with van der Waals surface area (Å²) in [6, 6.07) is 3.41. The van der Waals surface area contributed by atoms with Gasteiger partial charge in [-0.1, -0.05) is 0 Å². The zero-order chi connectivity index (χ0) is 14.0. The molecule has 1 aromatic rings. The zero-order valence-corrected chi connectivity index (χ0v) is 11.6. The molecule has 1 amide bonds. The van der Waals surface area contributed by atoms with Crippen LogP contribution >= 0.6 is 0 Å². The van der Waals surface area contributed by atoms with Crippen LogP contribution < -0.4 is 15.2 Å². The van der Waals surface area contributed by atoms with Crippen LogP contribution in [0.4, 0.5) is 0 Å². The summed E-state index contributed by atoms with van der Waals surface area (Å²) in [6.45, 7) is 5.34. The number of amides is 1. The van der Waals surface area contributed by atoms with Crippen LogP contribution in [0.25, 0.3) is 0 Å². The van der Waals surface area contributed by atoms with Crippen LogP contribution in [-0.4, -0.2) is 37.1 Å². The molecule has 1 aliphatic heterocycles. The van der Waals surface area contributed by atoms with Crippen molar-refractivity contribution in [1.29, 1.82) is 0 Å². The molecular formula is C14H20N2O3. The molecule has 19 heavy (non-hydrogen) atoms. The summed E-state index contributed by atoms with van der Waals surface area (Å²) in [6.07, 6.45) is 0. The number of nitrogens with zero attached hydrogens (tertiary/aromatic N) is 1. The Bertz CT molecular complexity index is 486. The zero-order valence-electron chi connectivity index (χ0n) is 11.6. The SMILES string of the molecule is Cc1cc2c(cc1CN(C)C(=O)C(C)N)OCCO2. The second-order valence-electron chi connectivity index (χ2n) is 4.91. The summed E-state index contributed by atoms with van der Waals surface area (Å²) in [4.78, 5) is 13.4. The van der Waals surface area contributed by atoms with E-state index in [1.807, 2.05) is 19.1 Å². The van der Waals surface area contributed by atoms with Gasteiger partial charge in [0.1, 0.15) is 13.2 Å². The minimum atomic E-state index is -0.484. The number of nitrogens with two attached hydrogens (primary N) is 1. The third kappa shape index (κ3) is 2.98. The standard InChI is InChI=1S/C14H20N2O3/c1-9-6-12-13(19-5-4-18-12)7-11(9)8-16(3)14(17)10(2)15/h6-7,10H,4-5,8,15H2,1-3H3. The first kappa shape index (κ1) is 13.7. The molecule has 0 aromatic heterocycles. The van der Waals surface area contributed by atoms with E-state index in [1.54, 1.807) is 18.9 Å². The molecular weight excluding hydrogens is 244 g/mol. The number of rotatable bonds is 3. The molecule has 5 heteroatoms. The van der Waals surface area contributed by atoms with Crippen molar-refractivity contribution < 1.29 is 14.3 Å². The Morgan fingerprint density at radius 2 is 1.95 bits per heavy atom. The number of fused-ring (bicyclic) bond motifs is 1. The summed E-state index contributed by atoms with van der Waals surface area (Å²) >= 11 is 0. The van der Waals surface area contributed by atoms with Gasteiger partial charge in [-0.05, 0) is 37.1 Å². The van der Waals surface area contributed by atoms with Crippen molar-refractivity contribution in [1.82, 2.24) is 4.90 Å². The Morgan fingerprint density at radius 1 is 1.37 bits per heavy atom. The molecule has 104 valence electrons. The van der Waals surface area contributed by atoms with Gasteiger partial charge >= 0.3 is 0 Å². The lowest BCUT2D eigenvalue weighted by atomic mass is 10.1. The maximum atomic E-state index is 11.8. The Balaban J connectivity index is 2.18. The van der Waals surface area contributed by atoms with Gasteiger partial charge in [0.25, 0.3) is 0 Å². The predicted octanol–water partition coefficient (Wildman–Crippen LogP) is 1.07. The molecule has 1 heterocycles. The van der Waals surface area contributed by atoms with Crippen molar-refractivity contribution in [2.45, 2.75) is 26.4 Å². The monoisotopic (exact) mass is 264 g/mol. The molecule has 0 fully saturated rings. The fraction of sp³-hybridized carbons (Fsp3) is 0.500. The van der Waals surface area contributed by atoms with Gasteiger partial charge in [-0.15, -0.1) is 0 Å². The van der Waals surface area contributed by atoms with E-state index in [0.717, 1.165) is 22.6 Å². The van der Waals surface area contributed by atoms with Crippen molar-refractivity contribution >= 4 is 5.91 Å². The van der Waals surface area contributed by atoms with Crippen molar-refractivity contribution in [3.05, 3.63) is 23.3 Å². The lowest BCUT2D eigenvalue weighted by molar-refractivity contribution is -0.131. The quantitative estimate of drug-likeness (QED) is 0.887. The van der Waals surface area contributed by atoms with Gasteiger partial charge in [0.2, 0.25) is 5.91 Å². The maximum absolute atomic E-state index is 11.8.